The first kappa shape index (κ1) is 13.1. The molecule has 1 aliphatic rings. The van der Waals surface area contributed by atoms with Gasteiger partial charge in [-0.3, -0.25) is 4.90 Å². The molecule has 0 saturated heterocycles. The van der Waals surface area contributed by atoms with E-state index in [9.17, 15) is 0 Å². The van der Waals surface area contributed by atoms with E-state index < -0.39 is 0 Å². The Labute approximate surface area is 109 Å². The van der Waals surface area contributed by atoms with E-state index >= 15 is 0 Å². The predicted octanol–water partition coefficient (Wildman–Crippen LogP) is 3.26. The molecule has 2 unspecified atom stereocenters. The lowest BCUT2D eigenvalue weighted by molar-refractivity contribution is 0.146. The molecule has 1 aliphatic carbocycles. The van der Waals surface area contributed by atoms with Crippen molar-refractivity contribution >= 4 is 11.3 Å². The van der Waals surface area contributed by atoms with Gasteiger partial charge >= 0.3 is 0 Å². The van der Waals surface area contributed by atoms with Gasteiger partial charge in [0, 0.05) is 17.5 Å². The molecule has 0 bridgehead atoms. The van der Waals surface area contributed by atoms with Crippen molar-refractivity contribution in [1.29, 1.82) is 0 Å². The lowest BCUT2D eigenvalue weighted by atomic mass is 9.84. The zero-order chi connectivity index (χ0) is 12.3. The Morgan fingerprint density at radius 3 is 2.76 bits per heavy atom. The summed E-state index contributed by atoms with van der Waals surface area (Å²) in [6.45, 7) is 3.39. The van der Waals surface area contributed by atoms with E-state index in [4.69, 9.17) is 5.73 Å². The van der Waals surface area contributed by atoms with E-state index in [-0.39, 0.29) is 6.04 Å². The van der Waals surface area contributed by atoms with Crippen LogP contribution in [0.25, 0.3) is 0 Å². The molecule has 1 aromatic rings. The van der Waals surface area contributed by atoms with E-state index in [1.807, 2.05) is 11.3 Å². The Hall–Kier alpha value is -0.380. The van der Waals surface area contributed by atoms with Gasteiger partial charge in [-0.2, -0.15) is 0 Å². The van der Waals surface area contributed by atoms with Crippen molar-refractivity contribution in [3.05, 3.63) is 22.4 Å². The van der Waals surface area contributed by atoms with Crippen molar-refractivity contribution in [2.45, 2.75) is 44.7 Å². The van der Waals surface area contributed by atoms with Gasteiger partial charge in [0.25, 0.3) is 0 Å². The molecule has 0 aromatic carbocycles. The fourth-order valence-electron chi connectivity index (χ4n) is 2.63. The van der Waals surface area contributed by atoms with Crippen LogP contribution in [-0.2, 0) is 0 Å². The molecule has 3 heteroatoms. The Morgan fingerprint density at radius 2 is 2.29 bits per heavy atom. The standard InChI is InChI=1S/C14H24N2S/c1-3-12(15)14(13-8-5-9-17-13)16(2)10-11-6-4-7-11/h5,8-9,11-12,14H,3-4,6-7,10,15H2,1-2H3. The zero-order valence-electron chi connectivity index (χ0n) is 10.9. The van der Waals surface area contributed by atoms with Gasteiger partial charge in [0.05, 0.1) is 6.04 Å². The summed E-state index contributed by atoms with van der Waals surface area (Å²) < 4.78 is 0. The van der Waals surface area contributed by atoms with Crippen molar-refractivity contribution in [2.24, 2.45) is 11.7 Å². The third-order valence-electron chi connectivity index (χ3n) is 3.96. The zero-order valence-corrected chi connectivity index (χ0v) is 11.7. The van der Waals surface area contributed by atoms with Crippen LogP contribution >= 0.6 is 11.3 Å². The first-order valence-corrected chi connectivity index (χ1v) is 7.59. The van der Waals surface area contributed by atoms with Crippen molar-refractivity contribution in [2.75, 3.05) is 13.6 Å². The van der Waals surface area contributed by atoms with Crippen LogP contribution in [0, 0.1) is 5.92 Å². The second-order valence-electron chi connectivity index (χ2n) is 5.27. The third-order valence-corrected chi connectivity index (χ3v) is 4.90. The molecule has 0 spiro atoms. The molecule has 96 valence electrons. The monoisotopic (exact) mass is 252 g/mol. The van der Waals surface area contributed by atoms with E-state index in [2.05, 4.69) is 36.4 Å². The fraction of sp³-hybridized carbons (Fsp3) is 0.714. The Kier molecular flexibility index (Phi) is 4.60. The summed E-state index contributed by atoms with van der Waals surface area (Å²) in [5.74, 6) is 0.909. The van der Waals surface area contributed by atoms with Gasteiger partial charge in [0.2, 0.25) is 0 Å². The number of rotatable bonds is 6. The van der Waals surface area contributed by atoms with Crippen molar-refractivity contribution in [1.82, 2.24) is 4.90 Å². The minimum atomic E-state index is 0.249. The van der Waals surface area contributed by atoms with Gasteiger partial charge in [-0.25, -0.2) is 0 Å². The van der Waals surface area contributed by atoms with Gasteiger partial charge in [0.15, 0.2) is 0 Å². The number of hydrogen-bond acceptors (Lipinski definition) is 3. The number of likely N-dealkylation sites (N-methyl/N-ethyl adjacent to an activating group) is 1. The highest BCUT2D eigenvalue weighted by Gasteiger charge is 2.27. The molecule has 0 radical (unpaired) electrons. The predicted molar refractivity (Wildman–Crippen MR) is 75.3 cm³/mol. The van der Waals surface area contributed by atoms with E-state index in [1.165, 1.54) is 30.7 Å². The van der Waals surface area contributed by atoms with Crippen LogP contribution in [0.4, 0.5) is 0 Å². The fourth-order valence-corrected chi connectivity index (χ4v) is 3.60. The number of nitrogens with two attached hydrogens (primary N) is 1. The molecule has 2 rings (SSSR count). The van der Waals surface area contributed by atoms with E-state index in [1.54, 1.807) is 0 Å². The smallest absolute Gasteiger partial charge is 0.0590 e. The summed E-state index contributed by atoms with van der Waals surface area (Å²) in [7, 11) is 2.23. The average Bonchev–Trinajstić information content (AvgIpc) is 2.77. The summed E-state index contributed by atoms with van der Waals surface area (Å²) in [5, 5.41) is 2.15. The lowest BCUT2D eigenvalue weighted by Gasteiger charge is -2.36. The highest BCUT2D eigenvalue weighted by molar-refractivity contribution is 7.10. The molecule has 2 nitrogen and oxygen atoms in total. The molecular weight excluding hydrogens is 228 g/mol. The number of hydrogen-bond donors (Lipinski definition) is 1. The molecule has 0 amide bonds. The minimum absolute atomic E-state index is 0.249. The SMILES string of the molecule is CCC(N)C(c1cccs1)N(C)CC1CCC1. The van der Waals surface area contributed by atoms with Gasteiger partial charge < -0.3 is 5.73 Å². The van der Waals surface area contributed by atoms with Gasteiger partial charge in [0.1, 0.15) is 0 Å². The second kappa shape index (κ2) is 5.98. The topological polar surface area (TPSA) is 29.3 Å². The minimum Gasteiger partial charge on any atom is -0.326 e. The summed E-state index contributed by atoms with van der Waals surface area (Å²) in [6, 6.07) is 5.01. The summed E-state index contributed by atoms with van der Waals surface area (Å²) in [5.41, 5.74) is 6.31. The van der Waals surface area contributed by atoms with Crippen LogP contribution in [0.5, 0.6) is 0 Å². The maximum absolute atomic E-state index is 6.31. The Balaban J connectivity index is 2.03. The van der Waals surface area contributed by atoms with Gasteiger partial charge in [-0.1, -0.05) is 19.4 Å². The van der Waals surface area contributed by atoms with Gasteiger partial charge in [-0.05, 0) is 43.7 Å². The molecule has 1 aromatic heterocycles. The van der Waals surface area contributed by atoms with Crippen LogP contribution in [0.15, 0.2) is 17.5 Å². The van der Waals surface area contributed by atoms with Crippen LogP contribution in [0.1, 0.15) is 43.5 Å². The molecule has 1 fully saturated rings. The highest BCUT2D eigenvalue weighted by Crippen LogP contribution is 2.32. The van der Waals surface area contributed by atoms with Crippen molar-refractivity contribution in [3.63, 3.8) is 0 Å². The molecule has 2 N–H and O–H groups in total. The van der Waals surface area contributed by atoms with Crippen molar-refractivity contribution in [3.8, 4) is 0 Å². The summed E-state index contributed by atoms with van der Waals surface area (Å²) in [6.07, 6.45) is 5.27. The number of thiophene rings is 1. The maximum atomic E-state index is 6.31. The van der Waals surface area contributed by atoms with Crippen LogP contribution < -0.4 is 5.73 Å². The van der Waals surface area contributed by atoms with Crippen LogP contribution in [0.3, 0.4) is 0 Å². The second-order valence-corrected chi connectivity index (χ2v) is 6.25. The first-order chi connectivity index (χ1) is 8.22. The van der Waals surface area contributed by atoms with Gasteiger partial charge in [-0.15, -0.1) is 11.3 Å². The third kappa shape index (κ3) is 3.09. The van der Waals surface area contributed by atoms with Crippen molar-refractivity contribution < 1.29 is 0 Å². The quantitative estimate of drug-likeness (QED) is 0.842. The normalized spacial score (nSPS) is 20.2. The first-order valence-electron chi connectivity index (χ1n) is 6.71. The number of nitrogens with zero attached hydrogens (tertiary/aromatic N) is 1. The molecular formula is C14H24N2S. The Morgan fingerprint density at radius 1 is 1.53 bits per heavy atom. The van der Waals surface area contributed by atoms with Crippen LogP contribution in [-0.4, -0.2) is 24.5 Å². The highest BCUT2D eigenvalue weighted by atomic mass is 32.1. The average molecular weight is 252 g/mol. The largest absolute Gasteiger partial charge is 0.326 e. The Bertz CT molecular complexity index is 319. The molecule has 1 saturated carbocycles. The van der Waals surface area contributed by atoms with Crippen LogP contribution in [0.2, 0.25) is 0 Å². The van der Waals surface area contributed by atoms with E-state index in [0.29, 0.717) is 6.04 Å². The molecule has 1 heterocycles. The molecule has 17 heavy (non-hydrogen) atoms. The van der Waals surface area contributed by atoms with E-state index in [0.717, 1.165) is 12.3 Å². The molecule has 2 atom stereocenters. The summed E-state index contributed by atoms with van der Waals surface area (Å²) in [4.78, 5) is 3.89. The summed E-state index contributed by atoms with van der Waals surface area (Å²) >= 11 is 1.83. The maximum Gasteiger partial charge on any atom is 0.0590 e. The lowest BCUT2D eigenvalue weighted by Crippen LogP contribution is -2.41. The molecule has 0 aliphatic heterocycles.